The summed E-state index contributed by atoms with van der Waals surface area (Å²) in [5.74, 6) is 2.56. The van der Waals surface area contributed by atoms with E-state index in [-0.39, 0.29) is 0 Å². The van der Waals surface area contributed by atoms with E-state index >= 15 is 0 Å². The number of thioether (sulfide) groups is 1. The molecule has 0 spiro atoms. The van der Waals surface area contributed by atoms with Crippen LogP contribution in [0.4, 0.5) is 0 Å². The second-order valence-corrected chi connectivity index (χ2v) is 5.81. The summed E-state index contributed by atoms with van der Waals surface area (Å²) in [4.78, 5) is 2.58. The van der Waals surface area contributed by atoms with E-state index in [9.17, 15) is 0 Å². The molecule has 1 rings (SSSR count). The molecule has 0 amide bonds. The summed E-state index contributed by atoms with van der Waals surface area (Å²) >= 11 is 2.04. The Kier molecular flexibility index (Phi) is 7.49. The lowest BCUT2D eigenvalue weighted by Crippen LogP contribution is -2.38. The van der Waals surface area contributed by atoms with Gasteiger partial charge in [-0.05, 0) is 57.3 Å². The van der Waals surface area contributed by atoms with Gasteiger partial charge in [-0.25, -0.2) is 0 Å². The van der Waals surface area contributed by atoms with Crippen LogP contribution in [0.3, 0.4) is 0 Å². The van der Waals surface area contributed by atoms with Gasteiger partial charge in [-0.15, -0.1) is 0 Å². The summed E-state index contributed by atoms with van der Waals surface area (Å²) < 4.78 is 0. The van der Waals surface area contributed by atoms with Crippen molar-refractivity contribution in [2.45, 2.75) is 39.2 Å². The zero-order valence-electron chi connectivity index (χ0n) is 10.3. The van der Waals surface area contributed by atoms with Crippen molar-refractivity contribution in [3.63, 3.8) is 0 Å². The van der Waals surface area contributed by atoms with Gasteiger partial charge in [-0.1, -0.05) is 6.92 Å². The molecule has 2 nitrogen and oxygen atoms in total. The molecule has 15 heavy (non-hydrogen) atoms. The Labute approximate surface area is 99.2 Å². The van der Waals surface area contributed by atoms with Gasteiger partial charge in [0.1, 0.15) is 0 Å². The molecular weight excluding hydrogens is 204 g/mol. The van der Waals surface area contributed by atoms with Gasteiger partial charge in [0.25, 0.3) is 0 Å². The summed E-state index contributed by atoms with van der Waals surface area (Å²) in [6.45, 7) is 9.59. The molecule has 0 aliphatic carbocycles. The van der Waals surface area contributed by atoms with E-state index in [4.69, 9.17) is 0 Å². The van der Waals surface area contributed by atoms with Crippen molar-refractivity contribution < 1.29 is 0 Å². The predicted molar refractivity (Wildman–Crippen MR) is 70.8 cm³/mol. The highest BCUT2D eigenvalue weighted by molar-refractivity contribution is 7.99. The standard InChI is InChI=1S/C12H26N2S/c1-3-15-10-6-7-13-12(2)11-14-8-4-5-9-14/h12-13H,3-11H2,1-2H3. The normalized spacial score (nSPS) is 19.6. The maximum Gasteiger partial charge on any atom is 0.0166 e. The van der Waals surface area contributed by atoms with Gasteiger partial charge in [-0.3, -0.25) is 0 Å². The molecule has 0 saturated carbocycles. The van der Waals surface area contributed by atoms with Crippen LogP contribution in [-0.4, -0.2) is 48.6 Å². The van der Waals surface area contributed by atoms with E-state index in [1.807, 2.05) is 11.8 Å². The zero-order chi connectivity index (χ0) is 10.9. The Morgan fingerprint density at radius 2 is 2.07 bits per heavy atom. The van der Waals surface area contributed by atoms with Crippen LogP contribution in [-0.2, 0) is 0 Å². The molecule has 1 unspecified atom stereocenters. The van der Waals surface area contributed by atoms with Gasteiger partial charge >= 0.3 is 0 Å². The van der Waals surface area contributed by atoms with E-state index in [2.05, 4.69) is 24.1 Å². The summed E-state index contributed by atoms with van der Waals surface area (Å²) in [7, 11) is 0. The number of nitrogens with zero attached hydrogens (tertiary/aromatic N) is 1. The SMILES string of the molecule is CCSCCCNC(C)CN1CCCC1. The summed E-state index contributed by atoms with van der Waals surface area (Å²) in [5.41, 5.74) is 0. The van der Waals surface area contributed by atoms with Gasteiger partial charge in [0.2, 0.25) is 0 Å². The van der Waals surface area contributed by atoms with Gasteiger partial charge in [0.15, 0.2) is 0 Å². The number of nitrogens with one attached hydrogen (secondary N) is 1. The maximum absolute atomic E-state index is 3.61. The van der Waals surface area contributed by atoms with Crippen molar-refractivity contribution in [3.8, 4) is 0 Å². The molecule has 0 radical (unpaired) electrons. The van der Waals surface area contributed by atoms with Crippen LogP contribution in [0.2, 0.25) is 0 Å². The summed E-state index contributed by atoms with van der Waals surface area (Å²) in [6.07, 6.45) is 4.11. The first-order valence-corrected chi connectivity index (χ1v) is 7.52. The third-order valence-corrected chi connectivity index (χ3v) is 3.88. The smallest absolute Gasteiger partial charge is 0.0166 e. The van der Waals surface area contributed by atoms with E-state index in [0.717, 1.165) is 0 Å². The van der Waals surface area contributed by atoms with Crippen molar-refractivity contribution in [1.29, 1.82) is 0 Å². The Hall–Kier alpha value is 0.270. The molecule has 1 heterocycles. The Morgan fingerprint density at radius 1 is 1.33 bits per heavy atom. The summed E-state index contributed by atoms with van der Waals surface area (Å²) in [6, 6.07) is 0.662. The van der Waals surface area contributed by atoms with Gasteiger partial charge in [0.05, 0.1) is 0 Å². The molecule has 1 saturated heterocycles. The highest BCUT2D eigenvalue weighted by atomic mass is 32.2. The van der Waals surface area contributed by atoms with Crippen molar-refractivity contribution in [3.05, 3.63) is 0 Å². The zero-order valence-corrected chi connectivity index (χ0v) is 11.1. The lowest BCUT2D eigenvalue weighted by molar-refractivity contribution is 0.299. The molecule has 3 heteroatoms. The molecule has 0 aromatic rings. The topological polar surface area (TPSA) is 15.3 Å². The van der Waals surface area contributed by atoms with Crippen LogP contribution in [0.25, 0.3) is 0 Å². The molecular formula is C12H26N2S. The first-order chi connectivity index (χ1) is 7.33. The van der Waals surface area contributed by atoms with Crippen molar-refractivity contribution >= 4 is 11.8 Å². The first kappa shape index (κ1) is 13.3. The van der Waals surface area contributed by atoms with Gasteiger partial charge < -0.3 is 10.2 Å². The minimum Gasteiger partial charge on any atom is -0.313 e. The fraction of sp³-hybridized carbons (Fsp3) is 1.00. The maximum atomic E-state index is 3.61. The Bertz CT molecular complexity index is 147. The molecule has 0 aromatic heterocycles. The van der Waals surface area contributed by atoms with E-state index in [1.54, 1.807) is 0 Å². The van der Waals surface area contributed by atoms with Crippen LogP contribution < -0.4 is 5.32 Å². The molecule has 1 fully saturated rings. The molecule has 0 aromatic carbocycles. The number of rotatable bonds is 8. The fourth-order valence-corrected chi connectivity index (χ4v) is 2.72. The molecule has 1 atom stereocenters. The van der Waals surface area contributed by atoms with Crippen molar-refractivity contribution in [2.24, 2.45) is 0 Å². The average molecular weight is 230 g/mol. The lowest BCUT2D eigenvalue weighted by Gasteiger charge is -2.21. The molecule has 90 valence electrons. The third-order valence-electron chi connectivity index (χ3n) is 2.89. The highest BCUT2D eigenvalue weighted by Crippen LogP contribution is 2.07. The second-order valence-electron chi connectivity index (χ2n) is 4.41. The van der Waals surface area contributed by atoms with Crippen LogP contribution in [0.5, 0.6) is 0 Å². The van der Waals surface area contributed by atoms with E-state index < -0.39 is 0 Å². The fourth-order valence-electron chi connectivity index (χ4n) is 2.08. The van der Waals surface area contributed by atoms with Crippen molar-refractivity contribution in [1.82, 2.24) is 10.2 Å². The van der Waals surface area contributed by atoms with Crippen LogP contribution >= 0.6 is 11.8 Å². The molecule has 1 N–H and O–H groups in total. The lowest BCUT2D eigenvalue weighted by atomic mass is 10.3. The van der Waals surface area contributed by atoms with Gasteiger partial charge in [0, 0.05) is 12.6 Å². The second kappa shape index (κ2) is 8.43. The highest BCUT2D eigenvalue weighted by Gasteiger charge is 2.13. The minimum absolute atomic E-state index is 0.662. The Morgan fingerprint density at radius 3 is 2.73 bits per heavy atom. The summed E-state index contributed by atoms with van der Waals surface area (Å²) in [5, 5.41) is 3.61. The van der Waals surface area contributed by atoms with Gasteiger partial charge in [-0.2, -0.15) is 11.8 Å². The largest absolute Gasteiger partial charge is 0.313 e. The molecule has 1 aliphatic heterocycles. The van der Waals surface area contributed by atoms with Crippen molar-refractivity contribution in [2.75, 3.05) is 37.7 Å². The molecule has 0 bridgehead atoms. The quantitative estimate of drug-likeness (QED) is 0.644. The number of hydrogen-bond donors (Lipinski definition) is 1. The average Bonchev–Trinajstić information content (AvgIpc) is 2.70. The number of hydrogen-bond acceptors (Lipinski definition) is 3. The van der Waals surface area contributed by atoms with Crippen LogP contribution in [0.15, 0.2) is 0 Å². The minimum atomic E-state index is 0.662. The monoisotopic (exact) mass is 230 g/mol. The van der Waals surface area contributed by atoms with Crippen LogP contribution in [0.1, 0.15) is 33.1 Å². The Balaban J connectivity index is 1.91. The third kappa shape index (κ3) is 6.44. The van der Waals surface area contributed by atoms with E-state index in [1.165, 1.54) is 56.9 Å². The predicted octanol–water partition coefficient (Wildman–Crippen LogP) is 2.20. The number of likely N-dealkylation sites (tertiary alicyclic amines) is 1. The van der Waals surface area contributed by atoms with Crippen LogP contribution in [0, 0.1) is 0 Å². The molecule has 1 aliphatic rings. The first-order valence-electron chi connectivity index (χ1n) is 6.36. The van der Waals surface area contributed by atoms with E-state index in [0.29, 0.717) is 6.04 Å².